The predicted molar refractivity (Wildman–Crippen MR) is 41.6 cm³/mol. The Kier molecular flexibility index (Phi) is 3.81. The summed E-state index contributed by atoms with van der Waals surface area (Å²) in [6.07, 6.45) is 0.605. The van der Waals surface area contributed by atoms with E-state index in [0.717, 1.165) is 5.06 Å². The zero-order chi connectivity index (χ0) is 9.72. The van der Waals surface area contributed by atoms with Crippen LogP contribution in [0.3, 0.4) is 0 Å². The molecule has 0 bridgehead atoms. The van der Waals surface area contributed by atoms with Gasteiger partial charge in [0.25, 0.3) is 0 Å². The van der Waals surface area contributed by atoms with E-state index in [2.05, 4.69) is 4.94 Å². The summed E-state index contributed by atoms with van der Waals surface area (Å²) in [7, 11) is 0. The lowest BCUT2D eigenvalue weighted by atomic mass is 10.3. The molecule has 0 heterocycles. The third kappa shape index (κ3) is 3.04. The molecule has 0 aliphatic rings. The number of guanidine groups is 1. The number of nitrogens with one attached hydrogen (secondary N) is 1. The summed E-state index contributed by atoms with van der Waals surface area (Å²) in [5.74, 6) is -0.471. The molecule has 70 valence electrons. The van der Waals surface area contributed by atoms with Gasteiger partial charge in [-0.2, -0.15) is 10.0 Å². The van der Waals surface area contributed by atoms with Crippen molar-refractivity contribution >= 4 is 5.96 Å². The number of rotatable bonds is 4. The molecule has 0 saturated carbocycles. The molecule has 7 nitrogen and oxygen atoms in total. The first-order valence-electron chi connectivity index (χ1n) is 3.44. The van der Waals surface area contributed by atoms with Crippen LogP contribution < -0.4 is 5.73 Å². The van der Waals surface area contributed by atoms with Crippen LogP contribution in [0.15, 0.2) is 0 Å². The fourth-order valence-electron chi connectivity index (χ4n) is 0.600. The van der Waals surface area contributed by atoms with E-state index >= 15 is 0 Å². The van der Waals surface area contributed by atoms with Crippen molar-refractivity contribution in [1.82, 2.24) is 5.06 Å². The minimum Gasteiger partial charge on any atom is -0.368 e. The van der Waals surface area contributed by atoms with Gasteiger partial charge in [-0.15, -0.1) is 10.1 Å². The highest BCUT2D eigenvalue weighted by Gasteiger charge is 2.17. The maximum atomic E-state index is 9.92. The minimum absolute atomic E-state index is 0.284. The topological polar surface area (TPSA) is 105 Å². The summed E-state index contributed by atoms with van der Waals surface area (Å²) < 4.78 is 0. The van der Waals surface area contributed by atoms with Crippen LogP contribution in [0, 0.1) is 15.5 Å². The summed E-state index contributed by atoms with van der Waals surface area (Å²) in [6, 6.07) is -0.284. The Morgan fingerprint density at radius 3 is 2.67 bits per heavy atom. The fourth-order valence-corrected chi connectivity index (χ4v) is 0.600. The Balaban J connectivity index is 4.22. The van der Waals surface area contributed by atoms with Crippen molar-refractivity contribution in [2.45, 2.75) is 26.3 Å². The molecule has 0 saturated heterocycles. The smallest absolute Gasteiger partial charge is 0.317 e. The molecule has 1 atom stereocenters. The Morgan fingerprint density at radius 1 is 1.92 bits per heavy atom. The molecular formula is C5H12N4O3. The van der Waals surface area contributed by atoms with Crippen molar-refractivity contribution in [3.05, 3.63) is 10.1 Å². The Hall–Kier alpha value is -1.53. The molecule has 0 aliphatic heterocycles. The lowest BCUT2D eigenvalue weighted by Crippen LogP contribution is -2.43. The number of hydroxylamine groups is 2. The van der Waals surface area contributed by atoms with E-state index in [-0.39, 0.29) is 6.04 Å². The Bertz CT molecular complexity index is 184. The van der Waals surface area contributed by atoms with Crippen molar-refractivity contribution in [1.29, 1.82) is 5.41 Å². The van der Waals surface area contributed by atoms with Gasteiger partial charge < -0.3 is 5.73 Å². The molecule has 0 aromatic rings. The average Bonchev–Trinajstić information content (AvgIpc) is 1.98. The molecule has 0 aromatic carbocycles. The normalized spacial score (nSPS) is 11.8. The van der Waals surface area contributed by atoms with E-state index < -0.39 is 11.0 Å². The molecule has 0 fully saturated rings. The Labute approximate surface area is 69.7 Å². The average molecular weight is 176 g/mol. The van der Waals surface area contributed by atoms with E-state index in [1.54, 1.807) is 6.92 Å². The van der Waals surface area contributed by atoms with Gasteiger partial charge in [0, 0.05) is 0 Å². The third-order valence-corrected chi connectivity index (χ3v) is 1.38. The first-order chi connectivity index (χ1) is 5.49. The monoisotopic (exact) mass is 176 g/mol. The van der Waals surface area contributed by atoms with Gasteiger partial charge in [0.2, 0.25) is 5.96 Å². The van der Waals surface area contributed by atoms with E-state index in [9.17, 15) is 10.1 Å². The second-order valence-electron chi connectivity index (χ2n) is 2.27. The van der Waals surface area contributed by atoms with Crippen molar-refractivity contribution < 1.29 is 10.0 Å². The van der Waals surface area contributed by atoms with Gasteiger partial charge in [0.1, 0.15) is 0 Å². The van der Waals surface area contributed by atoms with Crippen molar-refractivity contribution in [2.75, 3.05) is 0 Å². The summed E-state index contributed by atoms with van der Waals surface area (Å²) in [4.78, 5) is 14.0. The van der Waals surface area contributed by atoms with Crippen molar-refractivity contribution in [3.8, 4) is 0 Å². The lowest BCUT2D eigenvalue weighted by Gasteiger charge is -2.23. The first-order valence-corrected chi connectivity index (χ1v) is 3.44. The maximum absolute atomic E-state index is 9.92. The molecule has 0 aromatic heterocycles. The molecular weight excluding hydrogens is 164 g/mol. The van der Waals surface area contributed by atoms with Gasteiger partial charge in [-0.3, -0.25) is 5.41 Å². The molecule has 0 amide bonds. The summed E-state index contributed by atoms with van der Waals surface area (Å²) >= 11 is 0. The summed E-state index contributed by atoms with van der Waals surface area (Å²) in [6.45, 7) is 3.48. The number of nitrogens with two attached hydrogens (primary N) is 1. The van der Waals surface area contributed by atoms with Gasteiger partial charge in [0.15, 0.2) is 0 Å². The summed E-state index contributed by atoms with van der Waals surface area (Å²) in [5.41, 5.74) is 5.04. The molecule has 0 aliphatic carbocycles. The van der Waals surface area contributed by atoms with Crippen molar-refractivity contribution in [2.24, 2.45) is 5.73 Å². The molecule has 0 rings (SSSR count). The zero-order valence-electron chi connectivity index (χ0n) is 6.98. The Morgan fingerprint density at radius 2 is 2.42 bits per heavy atom. The highest BCUT2D eigenvalue weighted by atomic mass is 17.0. The molecule has 0 spiro atoms. The predicted octanol–water partition coefficient (Wildman–Crippen LogP) is 0.104. The highest BCUT2D eigenvalue weighted by Crippen LogP contribution is 2.02. The van der Waals surface area contributed by atoms with Crippen LogP contribution in [0.25, 0.3) is 0 Å². The first kappa shape index (κ1) is 10.5. The second-order valence-corrected chi connectivity index (χ2v) is 2.27. The van der Waals surface area contributed by atoms with Crippen molar-refractivity contribution in [3.63, 3.8) is 0 Å². The van der Waals surface area contributed by atoms with Crippen LogP contribution in [0.1, 0.15) is 20.3 Å². The maximum Gasteiger partial charge on any atom is 0.317 e. The molecule has 1 unspecified atom stereocenters. The number of hydrogen-bond donors (Lipinski definition) is 2. The second kappa shape index (κ2) is 4.37. The van der Waals surface area contributed by atoms with Gasteiger partial charge in [-0.1, -0.05) is 6.92 Å². The van der Waals surface area contributed by atoms with Crippen LogP contribution in [0.4, 0.5) is 0 Å². The molecule has 12 heavy (non-hydrogen) atoms. The fraction of sp³-hybridized carbons (Fsp3) is 0.800. The van der Waals surface area contributed by atoms with Crippen LogP contribution >= 0.6 is 0 Å². The highest BCUT2D eigenvalue weighted by molar-refractivity contribution is 5.73. The molecule has 7 heteroatoms. The van der Waals surface area contributed by atoms with E-state index in [0.29, 0.717) is 6.42 Å². The summed E-state index contributed by atoms with van der Waals surface area (Å²) in [5, 5.41) is 16.6. The van der Waals surface area contributed by atoms with Crippen LogP contribution in [-0.4, -0.2) is 22.2 Å². The van der Waals surface area contributed by atoms with Gasteiger partial charge >= 0.3 is 5.09 Å². The van der Waals surface area contributed by atoms with Crippen LogP contribution in [-0.2, 0) is 4.94 Å². The van der Waals surface area contributed by atoms with Crippen LogP contribution in [0.2, 0.25) is 0 Å². The molecule has 3 N–H and O–H groups in total. The number of hydrogen-bond acceptors (Lipinski definition) is 4. The quantitative estimate of drug-likeness (QED) is 0.273. The van der Waals surface area contributed by atoms with E-state index in [4.69, 9.17) is 11.1 Å². The standard InChI is InChI=1S/C5H12N4O3/c1-3-4(2)8(5(6)7)12-9(10)11/h4H,3H2,1-2H3,(H3,6,7). The minimum atomic E-state index is -0.993. The van der Waals surface area contributed by atoms with E-state index in [1.807, 2.05) is 6.92 Å². The van der Waals surface area contributed by atoms with Crippen LogP contribution in [0.5, 0.6) is 0 Å². The zero-order valence-corrected chi connectivity index (χ0v) is 6.98. The lowest BCUT2D eigenvalue weighted by molar-refractivity contribution is -0.805. The molecule has 0 radical (unpaired) electrons. The van der Waals surface area contributed by atoms with Gasteiger partial charge in [-0.25, -0.2) is 0 Å². The van der Waals surface area contributed by atoms with Gasteiger partial charge in [-0.05, 0) is 13.3 Å². The third-order valence-electron chi connectivity index (χ3n) is 1.38. The number of nitrogens with zero attached hydrogens (tertiary/aromatic N) is 2. The van der Waals surface area contributed by atoms with E-state index in [1.165, 1.54) is 0 Å². The largest absolute Gasteiger partial charge is 0.368 e. The van der Waals surface area contributed by atoms with Gasteiger partial charge in [0.05, 0.1) is 6.04 Å². The SMILES string of the molecule is CCC(C)N(O[N+](=O)[O-])C(=N)N.